The number of aliphatic hydroxyl groups is 1. The highest BCUT2D eigenvalue weighted by Gasteiger charge is 2.34. The second kappa shape index (κ2) is 10.4. The third-order valence-electron chi connectivity index (χ3n) is 6.64. The summed E-state index contributed by atoms with van der Waals surface area (Å²) >= 11 is 0.389. The molecule has 0 aromatic carbocycles. The lowest BCUT2D eigenvalue weighted by atomic mass is 9.98. The molecule has 0 spiro atoms. The second-order valence-corrected chi connectivity index (χ2v) is 11.0. The maximum atomic E-state index is 13.5. The Balaban J connectivity index is 1.58. The van der Waals surface area contributed by atoms with Gasteiger partial charge in [0.1, 0.15) is 27.2 Å². The number of hydrogen-bond donors (Lipinski definition) is 3. The molecule has 4 aromatic heterocycles. The monoisotopic (exact) mass is 595 g/mol. The standard InChI is InChI=1S/C26H28F3N7O4S/c1-25(2,39)13-7-16(22-31-12-19(41-22)26(27,28)29)33-21(8-13)34-20-10-17-18(11-30-20)35(3)24(38)36(17)15-6-5-14(9-15)32-23(37)40-4/h7-8,10-12,14-15,39H,5-6,9H2,1-4H3,(H,32,37)(H,30,33,34)/t14-,15-/m1/s1/i3D3,14D. The molecule has 1 saturated carbocycles. The first-order chi connectivity index (χ1) is 20.8. The van der Waals surface area contributed by atoms with Crippen molar-refractivity contribution in [2.45, 2.75) is 56.9 Å². The second-order valence-electron chi connectivity index (χ2n) is 10.0. The maximum Gasteiger partial charge on any atom is 0.427 e. The van der Waals surface area contributed by atoms with Crippen LogP contribution in [0, 0.1) is 0 Å². The molecular weight excluding hydrogens is 563 g/mol. The van der Waals surface area contributed by atoms with E-state index in [0.29, 0.717) is 27.7 Å². The van der Waals surface area contributed by atoms with Gasteiger partial charge >= 0.3 is 18.0 Å². The summed E-state index contributed by atoms with van der Waals surface area (Å²) in [5, 5.41) is 16.0. The van der Waals surface area contributed by atoms with Crippen LogP contribution in [-0.2, 0) is 23.5 Å². The van der Waals surface area contributed by atoms with Crippen molar-refractivity contribution in [3.05, 3.63) is 51.5 Å². The minimum atomic E-state index is -4.60. The zero-order chi connectivity index (χ0) is 33.1. The molecule has 11 nitrogen and oxygen atoms in total. The normalized spacial score (nSPS) is 21.2. The molecule has 1 fully saturated rings. The summed E-state index contributed by atoms with van der Waals surface area (Å²) in [6.45, 7) is 0.115. The average molecular weight is 596 g/mol. The van der Waals surface area contributed by atoms with Crippen LogP contribution >= 0.6 is 11.3 Å². The van der Waals surface area contributed by atoms with Gasteiger partial charge in [-0.2, -0.15) is 13.2 Å². The van der Waals surface area contributed by atoms with Gasteiger partial charge in [-0.1, -0.05) is 0 Å². The highest BCUT2D eigenvalue weighted by atomic mass is 32.1. The summed E-state index contributed by atoms with van der Waals surface area (Å²) < 4.78 is 78.7. The number of pyridine rings is 2. The number of thiazole rings is 1. The first-order valence-electron chi connectivity index (χ1n) is 14.3. The van der Waals surface area contributed by atoms with Gasteiger partial charge in [-0.05, 0) is 50.8 Å². The van der Waals surface area contributed by atoms with Gasteiger partial charge in [-0.25, -0.2) is 24.5 Å². The average Bonchev–Trinajstić information content (AvgIpc) is 3.63. The van der Waals surface area contributed by atoms with E-state index in [1.54, 1.807) is 0 Å². The van der Waals surface area contributed by atoms with Crippen molar-refractivity contribution >= 4 is 40.1 Å². The predicted molar refractivity (Wildman–Crippen MR) is 146 cm³/mol. The molecule has 1 aliphatic rings. The van der Waals surface area contributed by atoms with E-state index >= 15 is 0 Å². The van der Waals surface area contributed by atoms with Crippen molar-refractivity contribution in [1.82, 2.24) is 29.4 Å². The van der Waals surface area contributed by atoms with Crippen LogP contribution in [0.1, 0.15) is 55.1 Å². The fourth-order valence-electron chi connectivity index (χ4n) is 4.61. The fraction of sp³-hybridized carbons (Fsp3) is 0.423. The van der Waals surface area contributed by atoms with E-state index in [9.17, 15) is 27.9 Å². The Morgan fingerprint density at radius 1 is 1.20 bits per heavy atom. The van der Waals surface area contributed by atoms with Gasteiger partial charge in [0, 0.05) is 29.2 Å². The molecule has 1 aliphatic carbocycles. The van der Waals surface area contributed by atoms with Crippen molar-refractivity contribution in [2.75, 3.05) is 12.4 Å². The van der Waals surface area contributed by atoms with Crippen LogP contribution in [0.2, 0.25) is 0 Å². The van der Waals surface area contributed by atoms with E-state index in [1.807, 2.05) is 0 Å². The third kappa shape index (κ3) is 5.77. The van der Waals surface area contributed by atoms with Crippen LogP contribution in [-0.4, -0.2) is 48.4 Å². The lowest BCUT2D eigenvalue weighted by Gasteiger charge is -2.19. The Hall–Kier alpha value is -3.98. The van der Waals surface area contributed by atoms with E-state index in [4.69, 9.17) is 5.48 Å². The zero-order valence-electron chi connectivity index (χ0n) is 26.0. The van der Waals surface area contributed by atoms with Crippen molar-refractivity contribution in [3.63, 3.8) is 0 Å². The molecule has 41 heavy (non-hydrogen) atoms. The molecule has 1 amide bonds. The SMILES string of the molecule is [2H]C([2H])([2H])n1c(=O)n([C@@H]2CC[C@@]([2H])(NC(=O)OC)C2)c2cc(Nc3cc(C(C)(C)O)cc(-c4ncc(C(F)(F)F)s4)n3)ncc21. The largest absolute Gasteiger partial charge is 0.453 e. The highest BCUT2D eigenvalue weighted by Crippen LogP contribution is 2.38. The summed E-state index contributed by atoms with van der Waals surface area (Å²) in [6, 6.07) is 2.19. The molecule has 5 rings (SSSR count). The van der Waals surface area contributed by atoms with E-state index in [2.05, 4.69) is 30.3 Å². The van der Waals surface area contributed by atoms with Crippen LogP contribution in [0.5, 0.6) is 0 Å². The van der Waals surface area contributed by atoms with Crippen molar-refractivity contribution in [2.24, 2.45) is 6.98 Å². The molecule has 0 unspecified atom stereocenters. The van der Waals surface area contributed by atoms with Gasteiger partial charge in [0.15, 0.2) is 0 Å². The molecule has 0 bridgehead atoms. The van der Waals surface area contributed by atoms with Crippen LogP contribution in [0.15, 0.2) is 35.4 Å². The number of amides is 1. The van der Waals surface area contributed by atoms with Crippen LogP contribution in [0.4, 0.5) is 29.6 Å². The van der Waals surface area contributed by atoms with E-state index < -0.39 is 47.5 Å². The quantitative estimate of drug-likeness (QED) is 0.292. The fourth-order valence-corrected chi connectivity index (χ4v) is 5.35. The van der Waals surface area contributed by atoms with Crippen LogP contribution in [0.3, 0.4) is 0 Å². The number of carbonyl (C=O) groups excluding carboxylic acids is 1. The number of anilines is 2. The first-order valence-corrected chi connectivity index (χ1v) is 13.2. The Morgan fingerprint density at radius 3 is 2.63 bits per heavy atom. The van der Waals surface area contributed by atoms with Gasteiger partial charge in [0.2, 0.25) is 0 Å². The topological polar surface area (TPSA) is 136 Å². The summed E-state index contributed by atoms with van der Waals surface area (Å²) in [6.07, 6.45) is -3.10. The van der Waals surface area contributed by atoms with Crippen molar-refractivity contribution in [1.29, 1.82) is 0 Å². The predicted octanol–water partition coefficient (Wildman–Crippen LogP) is 4.69. The third-order valence-corrected chi connectivity index (χ3v) is 7.71. The molecule has 4 aromatic rings. The smallest absolute Gasteiger partial charge is 0.427 e. The Kier molecular flexibility index (Phi) is 6.04. The van der Waals surface area contributed by atoms with Crippen LogP contribution < -0.4 is 16.3 Å². The molecule has 2 atom stereocenters. The molecule has 0 radical (unpaired) electrons. The number of carbonyl (C=O) groups is 1. The van der Waals surface area contributed by atoms with Gasteiger partial charge in [0.25, 0.3) is 0 Å². The van der Waals surface area contributed by atoms with Gasteiger partial charge < -0.3 is 20.5 Å². The molecule has 4 heterocycles. The van der Waals surface area contributed by atoms with Gasteiger partial charge in [0.05, 0.1) is 37.5 Å². The lowest BCUT2D eigenvalue weighted by Crippen LogP contribution is -2.33. The summed E-state index contributed by atoms with van der Waals surface area (Å²) in [5.74, 6) is 0.181. The lowest BCUT2D eigenvalue weighted by molar-refractivity contribution is -0.134. The summed E-state index contributed by atoms with van der Waals surface area (Å²) in [5.41, 5.74) is -1.74. The molecular formula is C26H28F3N7O4S. The van der Waals surface area contributed by atoms with E-state index in [-0.39, 0.29) is 52.6 Å². The number of hydrogen-bond acceptors (Lipinski definition) is 9. The molecule has 3 N–H and O–H groups in total. The number of alkyl halides is 3. The minimum Gasteiger partial charge on any atom is -0.453 e. The number of methoxy groups -OCH3 is 1. The number of imidazole rings is 1. The van der Waals surface area contributed by atoms with Crippen molar-refractivity contribution in [3.8, 4) is 10.7 Å². The molecule has 218 valence electrons. The minimum absolute atomic E-state index is 0.00434. The van der Waals surface area contributed by atoms with E-state index in [1.165, 1.54) is 42.8 Å². The molecule has 0 saturated heterocycles. The van der Waals surface area contributed by atoms with Crippen molar-refractivity contribution < 1.29 is 33.3 Å². The zero-order valence-corrected chi connectivity index (χ0v) is 22.9. The number of fused-ring (bicyclic) bond motifs is 1. The first kappa shape index (κ1) is 23.7. The number of alkyl carbamates (subject to hydrolysis) is 1. The number of aromatic nitrogens is 5. The Morgan fingerprint density at radius 2 is 1.98 bits per heavy atom. The number of rotatable bonds is 6. The maximum absolute atomic E-state index is 13.5. The van der Waals surface area contributed by atoms with Gasteiger partial charge in [-0.3, -0.25) is 9.13 Å². The van der Waals surface area contributed by atoms with Gasteiger partial charge in [-0.15, -0.1) is 11.3 Å². The molecule has 0 aliphatic heterocycles. The number of aryl methyl sites for hydroxylation is 1. The number of nitrogens with zero attached hydrogens (tertiary/aromatic N) is 5. The Bertz CT molecular complexity index is 1830. The Labute approximate surface area is 241 Å². The van der Waals surface area contributed by atoms with E-state index in [0.717, 1.165) is 7.11 Å². The summed E-state index contributed by atoms with van der Waals surface area (Å²) in [7, 11) is 1.16. The van der Waals surface area contributed by atoms with Crippen LogP contribution in [0.25, 0.3) is 21.7 Å². The number of nitrogens with one attached hydrogen (secondary N) is 2. The molecule has 15 heteroatoms. The number of ether oxygens (including phenoxy) is 1. The summed E-state index contributed by atoms with van der Waals surface area (Å²) in [4.78, 5) is 36.9. The number of halogens is 3. The highest BCUT2D eigenvalue weighted by molar-refractivity contribution is 7.15.